The van der Waals surface area contributed by atoms with Crippen molar-refractivity contribution in [3.05, 3.63) is 0 Å². The van der Waals surface area contributed by atoms with E-state index in [1.54, 1.807) is 0 Å². The van der Waals surface area contributed by atoms with E-state index < -0.39 is 35.9 Å². The molecule has 0 aliphatic rings. The first-order chi connectivity index (χ1) is 9.92. The maximum atomic E-state index is 10.1. The molecule has 1 unspecified atom stereocenters. The summed E-state index contributed by atoms with van der Waals surface area (Å²) in [7, 11) is -12.6. The lowest BCUT2D eigenvalue weighted by atomic mass is 11.8. The molecule has 2 atom stereocenters. The lowest BCUT2D eigenvalue weighted by Gasteiger charge is -2.35. The van der Waals surface area contributed by atoms with Crippen molar-refractivity contribution >= 4 is 46.4 Å². The van der Waals surface area contributed by atoms with Crippen molar-refractivity contribution in [2.24, 2.45) is 0 Å². The van der Waals surface area contributed by atoms with Gasteiger partial charge in [-0.2, -0.15) is 0 Å². The molecule has 17 heteroatoms. The second-order valence-electron chi connectivity index (χ2n) is 3.79. The summed E-state index contributed by atoms with van der Waals surface area (Å²) in [5.74, 6) is 0. The summed E-state index contributed by atoms with van der Waals surface area (Å²) in [5.41, 5.74) is 0. The van der Waals surface area contributed by atoms with Gasteiger partial charge in [-0.1, -0.05) is 0 Å². The second kappa shape index (κ2) is 8.63. The minimum absolute atomic E-state index is 0.101. The molecule has 0 aromatic heterocycles. The normalized spacial score (nSPS) is 19.0. The predicted molar refractivity (Wildman–Crippen MR) is 80.1 cm³/mol. The summed E-state index contributed by atoms with van der Waals surface area (Å²) in [5, 5.41) is 0. The van der Waals surface area contributed by atoms with Gasteiger partial charge in [0.1, 0.15) is 10.5 Å². The van der Waals surface area contributed by atoms with E-state index in [-0.39, 0.29) is 10.5 Å². The molecular formula is C5H22O12Si5. The molecule has 134 valence electrons. The minimum atomic E-state index is -4.65. The van der Waals surface area contributed by atoms with Crippen LogP contribution in [-0.4, -0.2) is 94.1 Å². The molecule has 12 nitrogen and oxygen atoms in total. The lowest BCUT2D eigenvalue weighted by molar-refractivity contribution is -0.000932. The van der Waals surface area contributed by atoms with Crippen LogP contribution < -0.4 is 0 Å². The van der Waals surface area contributed by atoms with Crippen LogP contribution in [0.25, 0.3) is 0 Å². The van der Waals surface area contributed by atoms with Crippen LogP contribution in [0.15, 0.2) is 0 Å². The minimum Gasteiger partial charge on any atom is -0.425 e. The van der Waals surface area contributed by atoms with Gasteiger partial charge in [-0.25, -0.2) is 0 Å². The molecule has 4 N–H and O–H groups in total. The molecule has 0 fully saturated rings. The summed E-state index contributed by atoms with van der Waals surface area (Å²) < 4.78 is 38.7. The van der Waals surface area contributed by atoms with E-state index in [0.717, 1.165) is 28.4 Å². The van der Waals surface area contributed by atoms with E-state index >= 15 is 0 Å². The largest absolute Gasteiger partial charge is 0.668 e. The van der Waals surface area contributed by atoms with Gasteiger partial charge in [0.15, 0.2) is 0 Å². The number of hydrogen-bond donors (Lipinski definition) is 4. The van der Waals surface area contributed by atoms with Crippen LogP contribution in [0.3, 0.4) is 0 Å². The van der Waals surface area contributed by atoms with E-state index in [9.17, 15) is 19.2 Å². The fraction of sp³-hybridized carbons (Fsp3) is 1.00. The lowest BCUT2D eigenvalue weighted by Crippen LogP contribution is -2.65. The monoisotopic (exact) mass is 414 g/mol. The van der Waals surface area contributed by atoms with Crippen LogP contribution in [0.4, 0.5) is 0 Å². The fourth-order valence-electron chi connectivity index (χ4n) is 1.05. The Balaban J connectivity index is 5.22. The molecule has 0 radical (unpaired) electrons. The van der Waals surface area contributed by atoms with Crippen molar-refractivity contribution in [3.63, 3.8) is 0 Å². The Kier molecular flexibility index (Phi) is 8.87. The molecule has 0 aromatic rings. The zero-order chi connectivity index (χ0) is 17.7. The molecule has 0 aliphatic heterocycles. The predicted octanol–water partition coefficient (Wildman–Crippen LogP) is -4.24. The van der Waals surface area contributed by atoms with Gasteiger partial charge in [0, 0.05) is 35.0 Å². The molecule has 0 aromatic carbocycles. The molecule has 22 heavy (non-hydrogen) atoms. The topological polar surface area (TPSA) is 155 Å². The Bertz CT molecular complexity index is 342. The van der Waals surface area contributed by atoms with Crippen molar-refractivity contribution in [1.29, 1.82) is 0 Å². The summed E-state index contributed by atoms with van der Waals surface area (Å²) in [4.78, 5) is 38.9. The van der Waals surface area contributed by atoms with E-state index in [1.807, 2.05) is 0 Å². The molecule has 0 rings (SSSR count). The smallest absolute Gasteiger partial charge is 0.425 e. The maximum Gasteiger partial charge on any atom is 0.668 e. The quantitative estimate of drug-likeness (QED) is 0.242. The van der Waals surface area contributed by atoms with Gasteiger partial charge in [-0.3, -0.25) is 0 Å². The highest BCUT2D eigenvalue weighted by atomic mass is 28.5. The molecule has 0 spiro atoms. The Labute approximate surface area is 135 Å². The Morgan fingerprint density at radius 3 is 1.41 bits per heavy atom. The average Bonchev–Trinajstić information content (AvgIpc) is 2.46. The van der Waals surface area contributed by atoms with Crippen molar-refractivity contribution in [2.45, 2.75) is 6.55 Å². The molecule has 0 heterocycles. The van der Waals surface area contributed by atoms with Gasteiger partial charge in [0.2, 0.25) is 0 Å². The van der Waals surface area contributed by atoms with Gasteiger partial charge >= 0.3 is 35.9 Å². The molecule has 0 bridgehead atoms. The Morgan fingerprint density at radius 1 is 0.682 bits per heavy atom. The molecule has 0 saturated carbocycles. The van der Waals surface area contributed by atoms with Crippen LogP contribution in [0.5, 0.6) is 0 Å². The third kappa shape index (κ3) is 7.01. The first kappa shape index (κ1) is 22.6. The fourth-order valence-corrected chi connectivity index (χ4v) is 11.2. The second-order valence-corrected chi connectivity index (χ2v) is 14.4. The molecule has 0 amide bonds. The first-order valence-corrected chi connectivity index (χ1v) is 13.8. The summed E-state index contributed by atoms with van der Waals surface area (Å²) in [6, 6.07) is 0. The average molecular weight is 415 g/mol. The van der Waals surface area contributed by atoms with Crippen LogP contribution in [0, 0.1) is 0 Å². The third-order valence-corrected chi connectivity index (χ3v) is 14.5. The van der Waals surface area contributed by atoms with Gasteiger partial charge in [0.05, 0.1) is 0 Å². The summed E-state index contributed by atoms with van der Waals surface area (Å²) in [6.07, 6.45) is 0. The highest BCUT2D eigenvalue weighted by molar-refractivity contribution is 6.79. The van der Waals surface area contributed by atoms with Gasteiger partial charge in [0.25, 0.3) is 0 Å². The Hall–Kier alpha value is 0.604. The van der Waals surface area contributed by atoms with Gasteiger partial charge in [-0.15, -0.1) is 0 Å². The highest BCUT2D eigenvalue weighted by Gasteiger charge is 2.60. The Morgan fingerprint density at radius 2 is 1.09 bits per heavy atom. The third-order valence-electron chi connectivity index (χ3n) is 2.30. The van der Waals surface area contributed by atoms with Gasteiger partial charge < -0.3 is 53.3 Å². The van der Waals surface area contributed by atoms with E-state index in [4.69, 9.17) is 21.2 Å². The molecule has 0 saturated heterocycles. The molecular weight excluding hydrogens is 392 g/mol. The standard InChI is InChI=1S/C5H22O12Si5/c1-10-20(6,7)17-22(9,13-4)16-19(5,14-18)15-21(8,11-2)12-3/h6-9H,1-5,18H3/t19?,22-/m1/s1. The SMILES string of the molecule is CO[Si](O)(O)O[Si@](O)(OC)O[Si](C)(O[SiH3])O[Si](O)(OC)OC. The summed E-state index contributed by atoms with van der Waals surface area (Å²) in [6.45, 7) is 1.31. The van der Waals surface area contributed by atoms with Crippen molar-refractivity contribution in [2.75, 3.05) is 28.4 Å². The van der Waals surface area contributed by atoms with Crippen LogP contribution >= 0.6 is 0 Å². The molecule has 0 aliphatic carbocycles. The van der Waals surface area contributed by atoms with Crippen LogP contribution in [0.1, 0.15) is 0 Å². The van der Waals surface area contributed by atoms with Crippen LogP contribution in [-0.2, 0) is 34.2 Å². The maximum absolute atomic E-state index is 10.1. The van der Waals surface area contributed by atoms with E-state index in [2.05, 4.69) is 13.0 Å². The van der Waals surface area contributed by atoms with E-state index in [1.165, 1.54) is 6.55 Å². The van der Waals surface area contributed by atoms with Gasteiger partial charge in [-0.05, 0) is 0 Å². The first-order valence-electron chi connectivity index (χ1n) is 5.68. The van der Waals surface area contributed by atoms with Crippen molar-refractivity contribution < 1.29 is 53.3 Å². The van der Waals surface area contributed by atoms with E-state index in [0.29, 0.717) is 0 Å². The zero-order valence-electron chi connectivity index (χ0n) is 13.1. The van der Waals surface area contributed by atoms with Crippen LogP contribution in [0.2, 0.25) is 6.55 Å². The number of rotatable bonds is 11. The van der Waals surface area contributed by atoms with Crippen molar-refractivity contribution in [1.82, 2.24) is 0 Å². The number of hydrogen-bond acceptors (Lipinski definition) is 12. The summed E-state index contributed by atoms with van der Waals surface area (Å²) >= 11 is 0. The zero-order valence-corrected chi connectivity index (χ0v) is 19.1. The highest BCUT2D eigenvalue weighted by Crippen LogP contribution is 2.21. The van der Waals surface area contributed by atoms with Crippen molar-refractivity contribution in [3.8, 4) is 0 Å².